The molecule has 0 fully saturated rings. The number of rotatable bonds is 2. The van der Waals surface area contributed by atoms with Gasteiger partial charge in [0.1, 0.15) is 0 Å². The fraction of sp³-hybridized carbons (Fsp3) is 1.00. The fourth-order valence-electron chi connectivity index (χ4n) is 0.0668. The average Bonchev–Trinajstić information content (AvgIpc) is 1.64. The van der Waals surface area contributed by atoms with Gasteiger partial charge >= 0.3 is 24.1 Å². The number of halogens is 3. The van der Waals surface area contributed by atoms with Gasteiger partial charge in [0.15, 0.2) is 16.8 Å². The van der Waals surface area contributed by atoms with Gasteiger partial charge in [-0.15, -0.1) is 0 Å². The Morgan fingerprint density at radius 2 is 1.70 bits per heavy atom. The molecular formula is C2H2F3LiO3S. The largest absolute Gasteiger partial charge is 1.00 e. The molecule has 8 heteroatoms. The Bertz CT molecular complexity index is 188. The molecule has 0 aromatic carbocycles. The summed E-state index contributed by atoms with van der Waals surface area (Å²) < 4.78 is 61.7. The van der Waals surface area contributed by atoms with Crippen molar-refractivity contribution in [3.8, 4) is 0 Å². The topological polar surface area (TPSA) is 57.2 Å². The zero-order chi connectivity index (χ0) is 7.71. The maximum absolute atomic E-state index is 11.4. The van der Waals surface area contributed by atoms with E-state index in [1.165, 1.54) is 0 Å². The average molecular weight is 170 g/mol. The van der Waals surface area contributed by atoms with E-state index in [0.717, 1.165) is 0 Å². The number of hydrogen-bond donors (Lipinski definition) is 0. The first-order valence-electron chi connectivity index (χ1n) is 1.70. The normalized spacial score (nSPS) is 12.4. The monoisotopic (exact) mass is 170 g/mol. The third kappa shape index (κ3) is 2.92. The van der Waals surface area contributed by atoms with Crippen LogP contribution in [0.3, 0.4) is 0 Å². The van der Waals surface area contributed by atoms with Crippen LogP contribution in [0.4, 0.5) is 13.2 Å². The van der Waals surface area contributed by atoms with Gasteiger partial charge < -0.3 is 4.55 Å². The molecule has 0 aromatic rings. The first kappa shape index (κ1) is 12.9. The predicted octanol–water partition coefficient (Wildman–Crippen LogP) is -2.90. The molecule has 0 saturated heterocycles. The Hall–Kier alpha value is 0.297. The van der Waals surface area contributed by atoms with Crippen molar-refractivity contribution in [2.75, 3.05) is 6.67 Å². The summed E-state index contributed by atoms with van der Waals surface area (Å²) in [5.41, 5.74) is 0. The van der Waals surface area contributed by atoms with Crippen LogP contribution in [0.2, 0.25) is 0 Å². The van der Waals surface area contributed by atoms with Crippen LogP contribution in [0.25, 0.3) is 0 Å². The SMILES string of the molecule is O=S(=O)([O-])C(F)(F)CF.[Li+]. The molecule has 0 aliphatic carbocycles. The van der Waals surface area contributed by atoms with Crippen molar-refractivity contribution in [2.45, 2.75) is 5.25 Å². The molecule has 10 heavy (non-hydrogen) atoms. The Balaban J connectivity index is 0. The van der Waals surface area contributed by atoms with Crippen molar-refractivity contribution in [1.29, 1.82) is 0 Å². The maximum atomic E-state index is 11.4. The van der Waals surface area contributed by atoms with E-state index in [1.54, 1.807) is 0 Å². The first-order chi connectivity index (χ1) is 3.81. The third-order valence-electron chi connectivity index (χ3n) is 0.521. The van der Waals surface area contributed by atoms with Crippen LogP contribution >= 0.6 is 0 Å². The second kappa shape index (κ2) is 3.62. The van der Waals surface area contributed by atoms with Gasteiger partial charge in [0.25, 0.3) is 0 Å². The Labute approximate surface area is 67.5 Å². The first-order valence-corrected chi connectivity index (χ1v) is 3.11. The zero-order valence-electron chi connectivity index (χ0n) is 4.97. The summed E-state index contributed by atoms with van der Waals surface area (Å²) in [4.78, 5) is 0. The van der Waals surface area contributed by atoms with Gasteiger partial charge in [0.2, 0.25) is 0 Å². The van der Waals surface area contributed by atoms with Gasteiger partial charge in [-0.1, -0.05) is 0 Å². The van der Waals surface area contributed by atoms with Crippen LogP contribution in [0.1, 0.15) is 0 Å². The molecule has 0 aliphatic heterocycles. The minimum Gasteiger partial charge on any atom is -0.743 e. The number of alkyl halides is 3. The molecule has 0 heterocycles. The van der Waals surface area contributed by atoms with Crippen LogP contribution in [0.5, 0.6) is 0 Å². The van der Waals surface area contributed by atoms with E-state index in [4.69, 9.17) is 0 Å². The molecule has 0 spiro atoms. The molecule has 0 saturated carbocycles. The fourth-order valence-corrected chi connectivity index (χ4v) is 0.200. The second-order valence-corrected chi connectivity index (χ2v) is 2.73. The molecule has 0 radical (unpaired) electrons. The molecule has 0 unspecified atom stereocenters. The van der Waals surface area contributed by atoms with Crippen LogP contribution in [0.15, 0.2) is 0 Å². The van der Waals surface area contributed by atoms with E-state index >= 15 is 0 Å². The quantitative estimate of drug-likeness (QED) is 0.330. The molecule has 0 amide bonds. The molecule has 0 N–H and O–H groups in total. The molecule has 0 rings (SSSR count). The van der Waals surface area contributed by atoms with Crippen LogP contribution in [0, 0.1) is 0 Å². The zero-order valence-corrected chi connectivity index (χ0v) is 5.79. The van der Waals surface area contributed by atoms with Crippen molar-refractivity contribution in [3.63, 3.8) is 0 Å². The summed E-state index contributed by atoms with van der Waals surface area (Å²) in [6.07, 6.45) is 0. The minimum absolute atomic E-state index is 0. The summed E-state index contributed by atoms with van der Waals surface area (Å²) in [6, 6.07) is 0. The smallest absolute Gasteiger partial charge is 0.743 e. The van der Waals surface area contributed by atoms with Crippen LogP contribution in [-0.4, -0.2) is 24.9 Å². The summed E-state index contributed by atoms with van der Waals surface area (Å²) in [6.45, 7) is -2.47. The molecule has 0 atom stereocenters. The minimum atomic E-state index is -5.81. The van der Waals surface area contributed by atoms with Gasteiger partial charge in [-0.05, 0) is 0 Å². The van der Waals surface area contributed by atoms with Gasteiger partial charge in [-0.3, -0.25) is 0 Å². The van der Waals surface area contributed by atoms with Crippen molar-refractivity contribution in [3.05, 3.63) is 0 Å². The van der Waals surface area contributed by atoms with Gasteiger partial charge in [-0.25, -0.2) is 12.8 Å². The van der Waals surface area contributed by atoms with E-state index < -0.39 is 22.0 Å². The Morgan fingerprint density at radius 3 is 1.70 bits per heavy atom. The van der Waals surface area contributed by atoms with E-state index in [2.05, 4.69) is 0 Å². The molecular weight excluding hydrogens is 168 g/mol. The van der Waals surface area contributed by atoms with Crippen LogP contribution < -0.4 is 18.9 Å². The van der Waals surface area contributed by atoms with Gasteiger partial charge in [0, 0.05) is 0 Å². The van der Waals surface area contributed by atoms with Crippen molar-refractivity contribution < 1.29 is 45.0 Å². The number of hydrogen-bond acceptors (Lipinski definition) is 3. The molecule has 56 valence electrons. The molecule has 0 bridgehead atoms. The summed E-state index contributed by atoms with van der Waals surface area (Å²) in [7, 11) is -5.81. The summed E-state index contributed by atoms with van der Waals surface area (Å²) >= 11 is 0. The molecule has 0 aliphatic rings. The van der Waals surface area contributed by atoms with Crippen LogP contribution in [-0.2, 0) is 10.1 Å². The van der Waals surface area contributed by atoms with E-state index in [-0.39, 0.29) is 18.9 Å². The maximum Gasteiger partial charge on any atom is 1.00 e. The Morgan fingerprint density at radius 1 is 1.40 bits per heavy atom. The summed E-state index contributed by atoms with van der Waals surface area (Å²) in [5.74, 6) is 0. The van der Waals surface area contributed by atoms with E-state index in [9.17, 15) is 26.1 Å². The van der Waals surface area contributed by atoms with Gasteiger partial charge in [-0.2, -0.15) is 8.78 Å². The third-order valence-corrected chi connectivity index (χ3v) is 1.36. The molecule has 3 nitrogen and oxygen atoms in total. The van der Waals surface area contributed by atoms with Crippen molar-refractivity contribution in [2.24, 2.45) is 0 Å². The van der Waals surface area contributed by atoms with E-state index in [0.29, 0.717) is 0 Å². The predicted molar refractivity (Wildman–Crippen MR) is 20.6 cm³/mol. The van der Waals surface area contributed by atoms with E-state index in [1.807, 2.05) is 0 Å². The standard InChI is InChI=1S/C2H3F3O3S.Li/c3-1-2(4,5)9(6,7)8;/h1H2,(H,6,7,8);/q;+1/p-1. The summed E-state index contributed by atoms with van der Waals surface area (Å²) in [5, 5.41) is -4.77. The second-order valence-electron chi connectivity index (χ2n) is 1.23. The van der Waals surface area contributed by atoms with Crippen molar-refractivity contribution in [1.82, 2.24) is 0 Å². The Kier molecular flexibility index (Phi) is 4.68. The van der Waals surface area contributed by atoms with Crippen molar-refractivity contribution >= 4 is 10.1 Å². The molecule has 0 aromatic heterocycles. The van der Waals surface area contributed by atoms with Gasteiger partial charge in [0.05, 0.1) is 0 Å².